The van der Waals surface area contributed by atoms with Crippen molar-refractivity contribution in [2.75, 3.05) is 26.4 Å². The van der Waals surface area contributed by atoms with E-state index in [2.05, 4.69) is 11.8 Å². The van der Waals surface area contributed by atoms with Gasteiger partial charge in [-0.2, -0.15) is 0 Å². The molecule has 0 aliphatic carbocycles. The molecule has 1 aliphatic rings. The number of carbonyl (C=O) groups is 1. The van der Waals surface area contributed by atoms with Crippen molar-refractivity contribution in [1.29, 1.82) is 0 Å². The molecule has 0 saturated carbocycles. The Kier molecular flexibility index (Phi) is 4.66. The molecular formula is C17H21NO3. The zero-order chi connectivity index (χ0) is 15.5. The molecule has 1 aromatic rings. The molecule has 1 amide bonds. The van der Waals surface area contributed by atoms with E-state index in [1.54, 1.807) is 6.07 Å². The summed E-state index contributed by atoms with van der Waals surface area (Å²) in [6.45, 7) is 7.46. The number of carbonyl (C=O) groups excluding carboxylic acids is 1. The SMILES string of the molecule is Cc1ccc(C#CCO)cc1C(=O)N1CCOCC1(C)C. The van der Waals surface area contributed by atoms with Crippen molar-refractivity contribution in [2.45, 2.75) is 26.3 Å². The third-order valence-corrected chi connectivity index (χ3v) is 3.67. The number of aliphatic hydroxyl groups is 1. The second kappa shape index (κ2) is 6.30. The molecule has 1 aromatic carbocycles. The minimum atomic E-state index is -0.311. The van der Waals surface area contributed by atoms with Gasteiger partial charge in [-0.05, 0) is 38.5 Å². The van der Waals surface area contributed by atoms with Crippen LogP contribution in [0.15, 0.2) is 18.2 Å². The lowest BCUT2D eigenvalue weighted by molar-refractivity contribution is -0.0371. The van der Waals surface area contributed by atoms with Crippen LogP contribution in [-0.4, -0.2) is 47.8 Å². The first-order chi connectivity index (χ1) is 9.95. The molecule has 0 radical (unpaired) electrons. The molecule has 112 valence electrons. The maximum Gasteiger partial charge on any atom is 0.254 e. The molecule has 2 rings (SSSR count). The van der Waals surface area contributed by atoms with Gasteiger partial charge < -0.3 is 14.7 Å². The molecular weight excluding hydrogens is 266 g/mol. The first kappa shape index (κ1) is 15.6. The number of aryl methyl sites for hydroxylation is 1. The lowest BCUT2D eigenvalue weighted by Gasteiger charge is -2.42. The second-order valence-corrected chi connectivity index (χ2v) is 5.81. The molecule has 0 unspecified atom stereocenters. The van der Waals surface area contributed by atoms with Gasteiger partial charge in [0, 0.05) is 17.7 Å². The third kappa shape index (κ3) is 3.44. The largest absolute Gasteiger partial charge is 0.384 e. The van der Waals surface area contributed by atoms with Crippen molar-refractivity contribution < 1.29 is 14.6 Å². The van der Waals surface area contributed by atoms with Crippen LogP contribution in [0.5, 0.6) is 0 Å². The van der Waals surface area contributed by atoms with E-state index in [-0.39, 0.29) is 18.1 Å². The predicted molar refractivity (Wildman–Crippen MR) is 81.1 cm³/mol. The molecule has 21 heavy (non-hydrogen) atoms. The quantitative estimate of drug-likeness (QED) is 0.798. The highest BCUT2D eigenvalue weighted by atomic mass is 16.5. The van der Waals surface area contributed by atoms with Gasteiger partial charge in [-0.1, -0.05) is 17.9 Å². The summed E-state index contributed by atoms with van der Waals surface area (Å²) >= 11 is 0. The Labute approximate surface area is 125 Å². The van der Waals surface area contributed by atoms with Crippen LogP contribution < -0.4 is 0 Å². The number of hydrogen-bond acceptors (Lipinski definition) is 3. The van der Waals surface area contributed by atoms with E-state index in [4.69, 9.17) is 9.84 Å². The molecule has 0 aromatic heterocycles. The Morgan fingerprint density at radius 2 is 2.24 bits per heavy atom. The number of morpholine rings is 1. The molecule has 4 heteroatoms. The van der Waals surface area contributed by atoms with Crippen molar-refractivity contribution in [3.8, 4) is 11.8 Å². The van der Waals surface area contributed by atoms with Gasteiger partial charge in [0.1, 0.15) is 6.61 Å². The average molecular weight is 287 g/mol. The molecule has 4 nitrogen and oxygen atoms in total. The Bertz CT molecular complexity index is 596. The molecule has 1 saturated heterocycles. The Balaban J connectivity index is 2.34. The first-order valence-corrected chi connectivity index (χ1v) is 7.06. The molecule has 1 aliphatic heterocycles. The average Bonchev–Trinajstić information content (AvgIpc) is 2.45. The van der Waals surface area contributed by atoms with Crippen molar-refractivity contribution in [2.24, 2.45) is 0 Å². The third-order valence-electron chi connectivity index (χ3n) is 3.67. The fourth-order valence-corrected chi connectivity index (χ4v) is 2.45. The van der Waals surface area contributed by atoms with Gasteiger partial charge in [-0.3, -0.25) is 4.79 Å². The number of aliphatic hydroxyl groups excluding tert-OH is 1. The first-order valence-electron chi connectivity index (χ1n) is 7.06. The van der Waals surface area contributed by atoms with Gasteiger partial charge in [0.25, 0.3) is 5.91 Å². The summed E-state index contributed by atoms with van der Waals surface area (Å²) in [5, 5.41) is 8.77. The topological polar surface area (TPSA) is 49.8 Å². The zero-order valence-corrected chi connectivity index (χ0v) is 12.8. The van der Waals surface area contributed by atoms with Crippen LogP contribution in [0.3, 0.4) is 0 Å². The van der Waals surface area contributed by atoms with Crippen molar-refractivity contribution in [3.05, 3.63) is 34.9 Å². The van der Waals surface area contributed by atoms with Crippen LogP contribution in [0.4, 0.5) is 0 Å². The van der Waals surface area contributed by atoms with Crippen LogP contribution >= 0.6 is 0 Å². The van der Waals surface area contributed by atoms with E-state index in [1.165, 1.54) is 0 Å². The highest BCUT2D eigenvalue weighted by Gasteiger charge is 2.35. The number of ether oxygens (including phenoxy) is 1. The Hall–Kier alpha value is -1.83. The standard InChI is InChI=1S/C17H21NO3/c1-13-6-7-14(5-4-9-19)11-15(13)16(20)18-8-10-21-12-17(18,2)3/h6-7,11,19H,8-10,12H2,1-3H3. The summed E-state index contributed by atoms with van der Waals surface area (Å²) in [4.78, 5) is 14.7. The highest BCUT2D eigenvalue weighted by Crippen LogP contribution is 2.23. The van der Waals surface area contributed by atoms with Crippen LogP contribution in [0, 0.1) is 18.8 Å². The molecule has 0 atom stereocenters. The van der Waals surface area contributed by atoms with Crippen molar-refractivity contribution in [3.63, 3.8) is 0 Å². The van der Waals surface area contributed by atoms with E-state index in [0.717, 1.165) is 11.1 Å². The van der Waals surface area contributed by atoms with E-state index >= 15 is 0 Å². The molecule has 1 N–H and O–H groups in total. The number of amides is 1. The van der Waals surface area contributed by atoms with Crippen LogP contribution in [0.2, 0.25) is 0 Å². The van der Waals surface area contributed by atoms with Crippen molar-refractivity contribution >= 4 is 5.91 Å². The van der Waals surface area contributed by atoms with Crippen LogP contribution in [0.1, 0.15) is 35.3 Å². The molecule has 1 heterocycles. The number of rotatable bonds is 1. The predicted octanol–water partition coefficient (Wildman–Crippen LogP) is 1.59. The minimum Gasteiger partial charge on any atom is -0.384 e. The lowest BCUT2D eigenvalue weighted by atomic mass is 9.98. The summed E-state index contributed by atoms with van der Waals surface area (Å²) < 4.78 is 5.46. The van der Waals surface area contributed by atoms with E-state index in [1.807, 2.05) is 37.8 Å². The van der Waals surface area contributed by atoms with Crippen LogP contribution in [-0.2, 0) is 4.74 Å². The van der Waals surface area contributed by atoms with Gasteiger partial charge in [-0.15, -0.1) is 0 Å². The maximum atomic E-state index is 12.8. The second-order valence-electron chi connectivity index (χ2n) is 5.81. The minimum absolute atomic E-state index is 0.00782. The lowest BCUT2D eigenvalue weighted by Crippen LogP contribution is -2.55. The van der Waals surface area contributed by atoms with Gasteiger partial charge in [0.15, 0.2) is 0 Å². The fraction of sp³-hybridized carbons (Fsp3) is 0.471. The van der Waals surface area contributed by atoms with Crippen molar-refractivity contribution in [1.82, 2.24) is 4.90 Å². The summed E-state index contributed by atoms with van der Waals surface area (Å²) in [7, 11) is 0. The molecule has 0 spiro atoms. The summed E-state index contributed by atoms with van der Waals surface area (Å²) in [6.07, 6.45) is 0. The zero-order valence-electron chi connectivity index (χ0n) is 12.8. The summed E-state index contributed by atoms with van der Waals surface area (Å²) in [5.41, 5.74) is 2.02. The van der Waals surface area contributed by atoms with Gasteiger partial charge in [-0.25, -0.2) is 0 Å². The highest BCUT2D eigenvalue weighted by molar-refractivity contribution is 5.96. The Morgan fingerprint density at radius 3 is 2.90 bits per heavy atom. The smallest absolute Gasteiger partial charge is 0.254 e. The monoisotopic (exact) mass is 287 g/mol. The maximum absolute atomic E-state index is 12.8. The van der Waals surface area contributed by atoms with Crippen LogP contribution in [0.25, 0.3) is 0 Å². The fourth-order valence-electron chi connectivity index (χ4n) is 2.45. The summed E-state index contributed by atoms with van der Waals surface area (Å²) in [6, 6.07) is 5.55. The van der Waals surface area contributed by atoms with E-state index in [0.29, 0.717) is 25.3 Å². The Morgan fingerprint density at radius 1 is 1.48 bits per heavy atom. The van der Waals surface area contributed by atoms with Gasteiger partial charge in [0.05, 0.1) is 18.8 Å². The molecule has 1 fully saturated rings. The van der Waals surface area contributed by atoms with Gasteiger partial charge in [0.2, 0.25) is 0 Å². The van der Waals surface area contributed by atoms with Gasteiger partial charge >= 0.3 is 0 Å². The number of benzene rings is 1. The summed E-state index contributed by atoms with van der Waals surface area (Å²) in [5.74, 6) is 5.46. The number of nitrogens with zero attached hydrogens (tertiary/aromatic N) is 1. The van der Waals surface area contributed by atoms with E-state index < -0.39 is 0 Å². The normalized spacial score (nSPS) is 17.0. The number of hydrogen-bond donors (Lipinski definition) is 1. The van der Waals surface area contributed by atoms with E-state index in [9.17, 15) is 4.79 Å². The molecule has 0 bridgehead atoms.